The van der Waals surface area contributed by atoms with Gasteiger partial charge in [-0.1, -0.05) is 0 Å². The molecule has 1 unspecified atom stereocenters. The van der Waals surface area contributed by atoms with Crippen LogP contribution in [-0.4, -0.2) is 47.8 Å². The van der Waals surface area contributed by atoms with Gasteiger partial charge >= 0.3 is 0 Å². The molecule has 1 aromatic carbocycles. The summed E-state index contributed by atoms with van der Waals surface area (Å²) < 4.78 is 45.5. The van der Waals surface area contributed by atoms with Crippen LogP contribution in [0.15, 0.2) is 36.7 Å². The second-order valence-corrected chi connectivity index (χ2v) is 7.34. The fourth-order valence-electron chi connectivity index (χ4n) is 3.57. The number of hydrogen-bond donors (Lipinski definition) is 0. The molecule has 1 aliphatic rings. The molecule has 9 heteroatoms. The summed E-state index contributed by atoms with van der Waals surface area (Å²) in [6.45, 7) is 0.851. The van der Waals surface area contributed by atoms with Gasteiger partial charge in [-0.25, -0.2) is 13.7 Å². The molecular weight excluding hydrogens is 371 g/mol. The summed E-state index contributed by atoms with van der Waals surface area (Å²) in [5.74, 6) is 0.740. The number of aromatic nitrogens is 3. The number of nitrogens with zero attached hydrogens (tertiary/aromatic N) is 4. The van der Waals surface area contributed by atoms with Gasteiger partial charge < -0.3 is 13.9 Å². The Morgan fingerprint density at radius 3 is 2.74 bits per heavy atom. The van der Waals surface area contributed by atoms with Crippen molar-refractivity contribution in [2.24, 2.45) is 0 Å². The third-order valence-corrected chi connectivity index (χ3v) is 5.70. The lowest BCUT2D eigenvalue weighted by Gasteiger charge is -2.34. The largest absolute Gasteiger partial charge is 0.760 e. The lowest BCUT2D eigenvalue weighted by atomic mass is 10.1. The highest BCUT2D eigenvalue weighted by molar-refractivity contribution is 7.76. The van der Waals surface area contributed by atoms with E-state index in [2.05, 4.69) is 9.97 Å². The lowest BCUT2D eigenvalue weighted by molar-refractivity contribution is 0.272. The zero-order valence-corrected chi connectivity index (χ0v) is 15.5. The maximum absolute atomic E-state index is 14.4. The van der Waals surface area contributed by atoms with Crippen molar-refractivity contribution in [1.29, 1.82) is 0 Å². The number of rotatable bonds is 4. The minimum atomic E-state index is -2.22. The smallest absolute Gasteiger partial charge is 0.152 e. The summed E-state index contributed by atoms with van der Waals surface area (Å²) in [4.78, 5) is 8.48. The molecule has 0 bridgehead atoms. The summed E-state index contributed by atoms with van der Waals surface area (Å²) in [5, 5.41) is 0. The molecular formula is C18H18FN4O3S-. The summed E-state index contributed by atoms with van der Waals surface area (Å²) in [6.07, 6.45) is 3.96. The predicted molar refractivity (Wildman–Crippen MR) is 98.2 cm³/mol. The number of hydrogen-bond acceptors (Lipinski definition) is 5. The van der Waals surface area contributed by atoms with E-state index in [1.165, 1.54) is 16.7 Å². The Bertz CT molecular complexity index is 1000. The summed E-state index contributed by atoms with van der Waals surface area (Å²) in [7, 11) is 1.58. The molecule has 142 valence electrons. The summed E-state index contributed by atoms with van der Waals surface area (Å²) in [6, 6.07) is 7.19. The molecule has 0 radical (unpaired) electrons. The molecule has 0 N–H and O–H groups in total. The molecule has 1 atom stereocenters. The maximum Gasteiger partial charge on any atom is 0.152 e. The van der Waals surface area contributed by atoms with Gasteiger partial charge in [-0.2, -0.15) is 0 Å². The third kappa shape index (κ3) is 3.33. The molecule has 4 rings (SSSR count). The first kappa shape index (κ1) is 18.0. The number of imidazole rings is 1. The fraction of sp³-hybridized carbons (Fsp3) is 0.333. The number of piperidine rings is 1. The van der Waals surface area contributed by atoms with Gasteiger partial charge in [0.05, 0.1) is 29.9 Å². The number of methoxy groups -OCH3 is 1. The molecule has 1 fully saturated rings. The van der Waals surface area contributed by atoms with Crippen LogP contribution in [0.5, 0.6) is 5.75 Å². The zero-order valence-electron chi connectivity index (χ0n) is 14.7. The van der Waals surface area contributed by atoms with E-state index in [0.717, 1.165) is 5.52 Å². The number of ether oxygens (including phenoxy) is 1. The standard InChI is InChI=1S/C18H19FN4O3S/c1-26-13-2-3-17-16(10-13)21-18(14-4-7-20-11-15(14)19)23(17)12-5-8-22(9-6-12)27(24)25/h2-4,7,10-12H,5-6,8-9H2,1H3,(H,24,25)/p-1. The van der Waals surface area contributed by atoms with Gasteiger partial charge in [0.2, 0.25) is 0 Å². The van der Waals surface area contributed by atoms with Crippen molar-refractivity contribution in [3.8, 4) is 17.1 Å². The van der Waals surface area contributed by atoms with Crippen LogP contribution in [0, 0.1) is 5.82 Å². The van der Waals surface area contributed by atoms with E-state index < -0.39 is 17.1 Å². The van der Waals surface area contributed by atoms with Crippen LogP contribution in [0.4, 0.5) is 4.39 Å². The first-order chi connectivity index (χ1) is 13.1. The summed E-state index contributed by atoms with van der Waals surface area (Å²) >= 11 is -2.22. The van der Waals surface area contributed by atoms with Crippen molar-refractivity contribution in [2.45, 2.75) is 18.9 Å². The van der Waals surface area contributed by atoms with Crippen molar-refractivity contribution in [3.05, 3.63) is 42.5 Å². The molecule has 3 aromatic rings. The zero-order chi connectivity index (χ0) is 19.0. The average molecular weight is 389 g/mol. The molecule has 0 spiro atoms. The van der Waals surface area contributed by atoms with Gasteiger partial charge in [-0.15, -0.1) is 0 Å². The van der Waals surface area contributed by atoms with Gasteiger partial charge in [0.1, 0.15) is 11.6 Å². The van der Waals surface area contributed by atoms with Gasteiger partial charge in [0, 0.05) is 42.7 Å². The highest BCUT2D eigenvalue weighted by Gasteiger charge is 2.26. The molecule has 1 saturated heterocycles. The second kappa shape index (κ2) is 7.34. The maximum atomic E-state index is 14.4. The normalized spacial score (nSPS) is 17.3. The SMILES string of the molecule is COc1ccc2c(c1)nc(-c1ccncc1F)n2C1CCN(S(=O)[O-])CC1. The van der Waals surface area contributed by atoms with Crippen molar-refractivity contribution < 1.29 is 17.9 Å². The number of pyridine rings is 1. The molecule has 27 heavy (non-hydrogen) atoms. The number of benzene rings is 1. The Hall–Kier alpha value is -2.36. The number of halogens is 1. The van der Waals surface area contributed by atoms with Crippen LogP contribution in [0.2, 0.25) is 0 Å². The first-order valence-corrected chi connectivity index (χ1v) is 9.62. The molecule has 2 aromatic heterocycles. The minimum absolute atomic E-state index is 0.0192. The summed E-state index contributed by atoms with van der Waals surface area (Å²) in [5.41, 5.74) is 1.94. The van der Waals surface area contributed by atoms with Crippen molar-refractivity contribution in [2.75, 3.05) is 20.2 Å². The quantitative estimate of drug-likeness (QED) is 0.641. The Labute approximate surface area is 158 Å². The highest BCUT2D eigenvalue weighted by Crippen LogP contribution is 2.35. The van der Waals surface area contributed by atoms with Crippen LogP contribution in [0.25, 0.3) is 22.4 Å². The predicted octanol–water partition coefficient (Wildman–Crippen LogP) is 2.68. The van der Waals surface area contributed by atoms with Crippen LogP contribution < -0.4 is 4.74 Å². The van der Waals surface area contributed by atoms with E-state index in [1.54, 1.807) is 13.2 Å². The van der Waals surface area contributed by atoms with Crippen molar-refractivity contribution in [1.82, 2.24) is 18.8 Å². The fourth-order valence-corrected chi connectivity index (χ4v) is 4.08. The van der Waals surface area contributed by atoms with Crippen LogP contribution in [-0.2, 0) is 11.3 Å². The van der Waals surface area contributed by atoms with Gasteiger partial charge in [-0.05, 0) is 31.0 Å². The number of fused-ring (bicyclic) bond motifs is 1. The molecule has 7 nitrogen and oxygen atoms in total. The van der Waals surface area contributed by atoms with E-state index in [0.29, 0.717) is 48.6 Å². The van der Waals surface area contributed by atoms with Crippen molar-refractivity contribution >= 4 is 22.3 Å². The molecule has 0 aliphatic carbocycles. The molecule has 0 amide bonds. The average Bonchev–Trinajstić information content (AvgIpc) is 3.06. The van der Waals surface area contributed by atoms with Crippen LogP contribution >= 0.6 is 0 Å². The Morgan fingerprint density at radius 1 is 1.30 bits per heavy atom. The molecule has 0 saturated carbocycles. The van der Waals surface area contributed by atoms with Crippen molar-refractivity contribution in [3.63, 3.8) is 0 Å². The Balaban J connectivity index is 1.83. The Morgan fingerprint density at radius 2 is 2.07 bits per heavy atom. The molecule has 1 aliphatic heterocycles. The van der Waals surface area contributed by atoms with E-state index in [1.807, 2.05) is 22.8 Å². The van der Waals surface area contributed by atoms with Gasteiger partial charge in [0.15, 0.2) is 5.82 Å². The lowest BCUT2D eigenvalue weighted by Crippen LogP contribution is -2.35. The van der Waals surface area contributed by atoms with Crippen LogP contribution in [0.3, 0.4) is 0 Å². The topological polar surface area (TPSA) is 83.3 Å². The first-order valence-electron chi connectivity index (χ1n) is 8.58. The second-order valence-electron chi connectivity index (χ2n) is 6.39. The van der Waals surface area contributed by atoms with Gasteiger partial charge in [0.25, 0.3) is 0 Å². The Kier molecular flexibility index (Phi) is 4.90. The van der Waals surface area contributed by atoms with E-state index in [-0.39, 0.29) is 6.04 Å². The van der Waals surface area contributed by atoms with E-state index in [4.69, 9.17) is 4.74 Å². The van der Waals surface area contributed by atoms with E-state index in [9.17, 15) is 13.2 Å². The monoisotopic (exact) mass is 389 g/mol. The van der Waals surface area contributed by atoms with Gasteiger partial charge in [-0.3, -0.25) is 9.19 Å². The minimum Gasteiger partial charge on any atom is -0.760 e. The third-order valence-electron chi connectivity index (χ3n) is 4.91. The highest BCUT2D eigenvalue weighted by atomic mass is 32.2. The molecule has 3 heterocycles. The van der Waals surface area contributed by atoms with Crippen LogP contribution in [0.1, 0.15) is 18.9 Å². The van der Waals surface area contributed by atoms with E-state index >= 15 is 0 Å².